The van der Waals surface area contributed by atoms with Crippen LogP contribution in [0.15, 0.2) is 22.7 Å². The van der Waals surface area contributed by atoms with Gasteiger partial charge in [-0.05, 0) is 65.5 Å². The highest BCUT2D eigenvalue weighted by atomic mass is 79.9. The van der Waals surface area contributed by atoms with Gasteiger partial charge in [-0.1, -0.05) is 13.8 Å². The standard InChI is InChI=1S/C16H19BrFN3/c1-3-14-12(7-8-19)15(4-2)21-16(20-14)11-6-5-10(18)9-13(11)17/h5-6,9H,3-4,7-8,19H2,1-2H3. The Bertz CT molecular complexity index is 618. The van der Waals surface area contributed by atoms with Gasteiger partial charge < -0.3 is 5.73 Å². The molecule has 1 heterocycles. The van der Waals surface area contributed by atoms with Crippen LogP contribution in [-0.2, 0) is 19.3 Å². The maximum atomic E-state index is 13.2. The van der Waals surface area contributed by atoms with Crippen LogP contribution in [0.4, 0.5) is 4.39 Å². The Labute approximate surface area is 132 Å². The van der Waals surface area contributed by atoms with E-state index in [1.54, 1.807) is 6.07 Å². The lowest BCUT2D eigenvalue weighted by atomic mass is 10.0. The molecule has 0 bridgehead atoms. The lowest BCUT2D eigenvalue weighted by molar-refractivity contribution is 0.627. The number of benzene rings is 1. The first-order valence-electron chi connectivity index (χ1n) is 7.14. The summed E-state index contributed by atoms with van der Waals surface area (Å²) in [5, 5.41) is 0. The van der Waals surface area contributed by atoms with Crippen molar-refractivity contribution in [3.8, 4) is 11.4 Å². The van der Waals surface area contributed by atoms with Gasteiger partial charge in [0, 0.05) is 21.4 Å². The van der Waals surface area contributed by atoms with Gasteiger partial charge in [0.2, 0.25) is 0 Å². The van der Waals surface area contributed by atoms with Crippen LogP contribution in [0.3, 0.4) is 0 Å². The highest BCUT2D eigenvalue weighted by molar-refractivity contribution is 9.10. The Morgan fingerprint density at radius 3 is 2.24 bits per heavy atom. The topological polar surface area (TPSA) is 51.8 Å². The van der Waals surface area contributed by atoms with Crippen LogP contribution in [0.25, 0.3) is 11.4 Å². The fourth-order valence-electron chi connectivity index (χ4n) is 2.39. The van der Waals surface area contributed by atoms with E-state index < -0.39 is 0 Å². The van der Waals surface area contributed by atoms with Crippen LogP contribution >= 0.6 is 15.9 Å². The minimum atomic E-state index is -0.281. The number of rotatable bonds is 5. The molecule has 2 rings (SSSR count). The van der Waals surface area contributed by atoms with E-state index >= 15 is 0 Å². The predicted octanol–water partition coefficient (Wildman–Crippen LogP) is 3.67. The first-order chi connectivity index (χ1) is 10.1. The van der Waals surface area contributed by atoms with Crippen molar-refractivity contribution in [2.45, 2.75) is 33.1 Å². The third kappa shape index (κ3) is 3.47. The SMILES string of the molecule is CCc1nc(-c2ccc(F)cc2Br)nc(CC)c1CCN. The average molecular weight is 352 g/mol. The third-order valence-electron chi connectivity index (χ3n) is 3.41. The van der Waals surface area contributed by atoms with Crippen LogP contribution in [0, 0.1) is 5.82 Å². The molecule has 0 saturated heterocycles. The van der Waals surface area contributed by atoms with E-state index in [9.17, 15) is 4.39 Å². The summed E-state index contributed by atoms with van der Waals surface area (Å²) >= 11 is 3.39. The van der Waals surface area contributed by atoms with Gasteiger partial charge in [0.1, 0.15) is 5.82 Å². The summed E-state index contributed by atoms with van der Waals surface area (Å²) in [5.74, 6) is 0.355. The molecule has 0 fully saturated rings. The number of hydrogen-bond donors (Lipinski definition) is 1. The van der Waals surface area contributed by atoms with Gasteiger partial charge in [-0.2, -0.15) is 0 Å². The van der Waals surface area contributed by atoms with Gasteiger partial charge in [-0.15, -0.1) is 0 Å². The third-order valence-corrected chi connectivity index (χ3v) is 4.07. The van der Waals surface area contributed by atoms with Crippen molar-refractivity contribution in [1.29, 1.82) is 0 Å². The van der Waals surface area contributed by atoms with Crippen LogP contribution in [0.5, 0.6) is 0 Å². The molecule has 3 nitrogen and oxygen atoms in total. The minimum absolute atomic E-state index is 0.281. The second kappa shape index (κ2) is 7.09. The molecular formula is C16H19BrFN3. The molecule has 0 unspecified atom stereocenters. The number of halogens is 2. The normalized spacial score (nSPS) is 10.9. The second-order valence-corrected chi connectivity index (χ2v) is 5.64. The van der Waals surface area contributed by atoms with Crippen molar-refractivity contribution in [3.05, 3.63) is 45.4 Å². The molecular weight excluding hydrogens is 333 g/mol. The first-order valence-corrected chi connectivity index (χ1v) is 7.94. The molecule has 0 amide bonds. The van der Waals surface area contributed by atoms with Crippen molar-refractivity contribution in [2.75, 3.05) is 6.54 Å². The Hall–Kier alpha value is -1.33. The van der Waals surface area contributed by atoms with Crippen LogP contribution in [0.1, 0.15) is 30.8 Å². The van der Waals surface area contributed by atoms with Crippen molar-refractivity contribution < 1.29 is 4.39 Å². The van der Waals surface area contributed by atoms with Gasteiger partial charge >= 0.3 is 0 Å². The monoisotopic (exact) mass is 351 g/mol. The molecule has 0 spiro atoms. The van der Waals surface area contributed by atoms with Gasteiger partial charge in [-0.3, -0.25) is 0 Å². The molecule has 1 aromatic carbocycles. The smallest absolute Gasteiger partial charge is 0.160 e. The largest absolute Gasteiger partial charge is 0.330 e. The minimum Gasteiger partial charge on any atom is -0.330 e. The van der Waals surface area contributed by atoms with E-state index in [2.05, 4.69) is 39.7 Å². The zero-order chi connectivity index (χ0) is 15.4. The Morgan fingerprint density at radius 1 is 1.14 bits per heavy atom. The summed E-state index contributed by atoms with van der Waals surface area (Å²) in [6, 6.07) is 4.56. The van der Waals surface area contributed by atoms with Gasteiger partial charge in [-0.25, -0.2) is 14.4 Å². The van der Waals surface area contributed by atoms with E-state index in [0.29, 0.717) is 16.8 Å². The number of nitrogens with zero attached hydrogens (tertiary/aromatic N) is 2. The molecule has 2 aromatic rings. The lowest BCUT2D eigenvalue weighted by Gasteiger charge is -2.14. The summed E-state index contributed by atoms with van der Waals surface area (Å²) in [7, 11) is 0. The fourth-order valence-corrected chi connectivity index (χ4v) is 2.92. The van der Waals surface area contributed by atoms with E-state index in [4.69, 9.17) is 5.73 Å². The molecule has 0 aliphatic rings. The average Bonchev–Trinajstić information content (AvgIpc) is 2.47. The highest BCUT2D eigenvalue weighted by Gasteiger charge is 2.14. The number of aromatic nitrogens is 2. The summed E-state index contributed by atoms with van der Waals surface area (Å²) < 4.78 is 13.9. The van der Waals surface area contributed by atoms with Gasteiger partial charge in [0.15, 0.2) is 5.82 Å². The van der Waals surface area contributed by atoms with Crippen molar-refractivity contribution in [2.24, 2.45) is 5.73 Å². The Morgan fingerprint density at radius 2 is 1.76 bits per heavy atom. The van der Waals surface area contributed by atoms with Crippen LogP contribution in [-0.4, -0.2) is 16.5 Å². The quantitative estimate of drug-likeness (QED) is 0.893. The summed E-state index contributed by atoms with van der Waals surface area (Å²) in [4.78, 5) is 9.32. The second-order valence-electron chi connectivity index (χ2n) is 4.79. The van der Waals surface area contributed by atoms with Gasteiger partial charge in [0.25, 0.3) is 0 Å². The van der Waals surface area contributed by atoms with E-state index in [-0.39, 0.29) is 5.82 Å². The van der Waals surface area contributed by atoms with Crippen molar-refractivity contribution >= 4 is 15.9 Å². The highest BCUT2D eigenvalue weighted by Crippen LogP contribution is 2.28. The zero-order valence-corrected chi connectivity index (χ0v) is 13.9. The molecule has 5 heteroatoms. The van der Waals surface area contributed by atoms with Crippen LogP contribution < -0.4 is 5.73 Å². The Balaban J connectivity index is 2.59. The Kier molecular flexibility index (Phi) is 5.42. The summed E-state index contributed by atoms with van der Waals surface area (Å²) in [6.07, 6.45) is 2.45. The molecule has 1 aromatic heterocycles. The lowest BCUT2D eigenvalue weighted by Crippen LogP contribution is -2.12. The zero-order valence-electron chi connectivity index (χ0n) is 12.3. The molecule has 0 aliphatic heterocycles. The fraction of sp³-hybridized carbons (Fsp3) is 0.375. The van der Waals surface area contributed by atoms with Crippen molar-refractivity contribution in [1.82, 2.24) is 9.97 Å². The molecule has 0 saturated carbocycles. The predicted molar refractivity (Wildman–Crippen MR) is 86.6 cm³/mol. The molecule has 0 radical (unpaired) electrons. The molecule has 0 aliphatic carbocycles. The first kappa shape index (κ1) is 16.0. The molecule has 0 atom stereocenters. The van der Waals surface area contributed by atoms with E-state index in [1.807, 2.05) is 0 Å². The molecule has 2 N–H and O–H groups in total. The van der Waals surface area contributed by atoms with Crippen molar-refractivity contribution in [3.63, 3.8) is 0 Å². The maximum Gasteiger partial charge on any atom is 0.160 e. The summed E-state index contributed by atoms with van der Waals surface area (Å²) in [6.45, 7) is 4.74. The summed E-state index contributed by atoms with van der Waals surface area (Å²) in [5.41, 5.74) is 9.71. The van der Waals surface area contributed by atoms with E-state index in [0.717, 1.165) is 41.8 Å². The number of aryl methyl sites for hydroxylation is 2. The number of nitrogens with two attached hydrogens (primary N) is 1. The molecule has 21 heavy (non-hydrogen) atoms. The van der Waals surface area contributed by atoms with Gasteiger partial charge in [0.05, 0.1) is 0 Å². The maximum absolute atomic E-state index is 13.2. The molecule has 112 valence electrons. The van der Waals surface area contributed by atoms with Crippen LogP contribution in [0.2, 0.25) is 0 Å². The van der Waals surface area contributed by atoms with E-state index in [1.165, 1.54) is 12.1 Å². The number of hydrogen-bond acceptors (Lipinski definition) is 3.